The van der Waals surface area contributed by atoms with Crippen LogP contribution in [0.2, 0.25) is 0 Å². The van der Waals surface area contributed by atoms with Crippen molar-refractivity contribution in [2.45, 2.75) is 6.92 Å². The Labute approximate surface area is 114 Å². The first-order valence-corrected chi connectivity index (χ1v) is 5.74. The van der Waals surface area contributed by atoms with Gasteiger partial charge in [0.15, 0.2) is 0 Å². The zero-order chi connectivity index (χ0) is 14.7. The van der Waals surface area contributed by atoms with Crippen LogP contribution in [-0.4, -0.2) is 31.9 Å². The summed E-state index contributed by atoms with van der Waals surface area (Å²) in [6, 6.07) is 4.14. The highest BCUT2D eigenvalue weighted by molar-refractivity contribution is 6.00. The van der Waals surface area contributed by atoms with Crippen molar-refractivity contribution in [1.82, 2.24) is 14.8 Å². The Kier molecular flexibility index (Phi) is 3.65. The molecule has 0 saturated carbocycles. The molecule has 2 amide bonds. The molecular formula is C12H13N5O3. The summed E-state index contributed by atoms with van der Waals surface area (Å²) in [5, 5.41) is 17.9. The van der Waals surface area contributed by atoms with E-state index in [1.165, 1.54) is 17.1 Å². The fraction of sp³-hybridized carbons (Fsp3) is 0.167. The normalized spacial score (nSPS) is 10.1. The number of anilines is 2. The number of carboxylic acid groups (broad SMARTS) is 1. The third-order valence-corrected chi connectivity index (χ3v) is 2.75. The molecule has 0 aliphatic heterocycles. The first-order chi connectivity index (χ1) is 9.49. The molecule has 0 fully saturated rings. The number of amides is 2. The van der Waals surface area contributed by atoms with Crippen molar-refractivity contribution >= 4 is 23.6 Å². The van der Waals surface area contributed by atoms with E-state index >= 15 is 0 Å². The van der Waals surface area contributed by atoms with Gasteiger partial charge in [0.1, 0.15) is 6.33 Å². The van der Waals surface area contributed by atoms with Crippen LogP contribution in [0, 0.1) is 6.92 Å². The maximum Gasteiger partial charge on any atom is 0.336 e. The summed E-state index contributed by atoms with van der Waals surface area (Å²) in [5.41, 5.74) is 1.04. The largest absolute Gasteiger partial charge is 0.478 e. The van der Waals surface area contributed by atoms with E-state index in [1.54, 1.807) is 26.1 Å². The minimum atomic E-state index is -1.04. The number of carbonyl (C=O) groups excluding carboxylic acids is 1. The van der Waals surface area contributed by atoms with E-state index in [4.69, 9.17) is 5.11 Å². The summed E-state index contributed by atoms with van der Waals surface area (Å²) in [5.74, 6) is -0.755. The van der Waals surface area contributed by atoms with Gasteiger partial charge in [-0.3, -0.25) is 5.32 Å². The zero-order valence-corrected chi connectivity index (χ0v) is 10.9. The predicted octanol–water partition coefficient (Wildman–Crippen LogP) is 1.47. The van der Waals surface area contributed by atoms with E-state index in [9.17, 15) is 9.59 Å². The Balaban J connectivity index is 2.14. The predicted molar refractivity (Wildman–Crippen MR) is 71.8 cm³/mol. The molecule has 3 N–H and O–H groups in total. The Morgan fingerprint density at radius 3 is 2.65 bits per heavy atom. The van der Waals surface area contributed by atoms with Gasteiger partial charge in [-0.15, -0.1) is 0 Å². The second-order valence-electron chi connectivity index (χ2n) is 4.07. The van der Waals surface area contributed by atoms with Crippen LogP contribution in [0.1, 0.15) is 15.9 Å². The van der Waals surface area contributed by atoms with Gasteiger partial charge < -0.3 is 10.4 Å². The summed E-state index contributed by atoms with van der Waals surface area (Å²) < 4.78 is 1.40. The monoisotopic (exact) mass is 275 g/mol. The number of urea groups is 1. The van der Waals surface area contributed by atoms with Gasteiger partial charge in [0.25, 0.3) is 0 Å². The highest BCUT2D eigenvalue weighted by Crippen LogP contribution is 2.19. The zero-order valence-electron chi connectivity index (χ0n) is 10.9. The molecule has 1 aromatic heterocycles. The van der Waals surface area contributed by atoms with Crippen molar-refractivity contribution in [3.05, 3.63) is 35.7 Å². The fourth-order valence-electron chi connectivity index (χ4n) is 1.67. The molecule has 0 bridgehead atoms. The second-order valence-corrected chi connectivity index (χ2v) is 4.07. The number of carboxylic acids is 1. The van der Waals surface area contributed by atoms with Crippen LogP contribution >= 0.6 is 0 Å². The lowest BCUT2D eigenvalue weighted by Gasteiger charge is -2.10. The van der Waals surface area contributed by atoms with E-state index in [1.807, 2.05) is 0 Å². The van der Waals surface area contributed by atoms with Gasteiger partial charge >= 0.3 is 12.0 Å². The summed E-state index contributed by atoms with van der Waals surface area (Å²) in [7, 11) is 1.64. The molecule has 20 heavy (non-hydrogen) atoms. The maximum absolute atomic E-state index is 11.8. The van der Waals surface area contributed by atoms with E-state index in [0.29, 0.717) is 11.3 Å². The van der Waals surface area contributed by atoms with Crippen LogP contribution in [-0.2, 0) is 7.05 Å². The Bertz CT molecular complexity index is 665. The van der Waals surface area contributed by atoms with Crippen molar-refractivity contribution in [1.29, 1.82) is 0 Å². The molecule has 0 spiro atoms. The third-order valence-electron chi connectivity index (χ3n) is 2.75. The molecule has 2 aromatic rings. The average molecular weight is 275 g/mol. The lowest BCUT2D eigenvalue weighted by Crippen LogP contribution is -2.22. The molecule has 0 aliphatic rings. The lowest BCUT2D eigenvalue weighted by atomic mass is 10.1. The van der Waals surface area contributed by atoms with Gasteiger partial charge in [-0.1, -0.05) is 6.07 Å². The van der Waals surface area contributed by atoms with E-state index < -0.39 is 12.0 Å². The Morgan fingerprint density at radius 1 is 1.30 bits per heavy atom. The van der Waals surface area contributed by atoms with Crippen molar-refractivity contribution in [3.63, 3.8) is 0 Å². The number of carbonyl (C=O) groups is 2. The number of benzene rings is 1. The molecule has 8 nitrogen and oxygen atoms in total. The van der Waals surface area contributed by atoms with Crippen molar-refractivity contribution in [2.75, 3.05) is 10.6 Å². The SMILES string of the molecule is Cc1c(NC(=O)Nc2ncnn2C)cccc1C(=O)O. The quantitative estimate of drug-likeness (QED) is 0.785. The second kappa shape index (κ2) is 5.39. The minimum Gasteiger partial charge on any atom is -0.478 e. The number of aromatic carboxylic acids is 1. The third kappa shape index (κ3) is 2.74. The van der Waals surface area contributed by atoms with E-state index in [2.05, 4.69) is 20.7 Å². The number of nitrogens with zero attached hydrogens (tertiary/aromatic N) is 3. The molecule has 0 unspecified atom stereocenters. The summed E-state index contributed by atoms with van der Waals surface area (Å²) in [6.07, 6.45) is 1.31. The van der Waals surface area contributed by atoms with Crippen molar-refractivity contribution < 1.29 is 14.7 Å². The summed E-state index contributed by atoms with van der Waals surface area (Å²) >= 11 is 0. The first-order valence-electron chi connectivity index (χ1n) is 5.74. The van der Waals surface area contributed by atoms with Gasteiger partial charge in [-0.2, -0.15) is 10.1 Å². The summed E-state index contributed by atoms with van der Waals surface area (Å²) in [6.45, 7) is 1.63. The lowest BCUT2D eigenvalue weighted by molar-refractivity contribution is 0.0696. The average Bonchev–Trinajstić information content (AvgIpc) is 2.77. The highest BCUT2D eigenvalue weighted by Gasteiger charge is 2.12. The molecule has 8 heteroatoms. The Hall–Kier alpha value is -2.90. The molecule has 1 aromatic carbocycles. The fourth-order valence-corrected chi connectivity index (χ4v) is 1.67. The number of aryl methyl sites for hydroxylation is 1. The Morgan fingerprint density at radius 2 is 2.05 bits per heavy atom. The van der Waals surface area contributed by atoms with E-state index in [-0.39, 0.29) is 11.5 Å². The van der Waals surface area contributed by atoms with Crippen molar-refractivity contribution in [3.8, 4) is 0 Å². The van der Waals surface area contributed by atoms with Gasteiger partial charge in [-0.05, 0) is 24.6 Å². The van der Waals surface area contributed by atoms with Gasteiger partial charge in [0, 0.05) is 12.7 Å². The van der Waals surface area contributed by atoms with Crippen LogP contribution < -0.4 is 10.6 Å². The first kappa shape index (κ1) is 13.5. The van der Waals surface area contributed by atoms with Gasteiger partial charge in [0.05, 0.1) is 5.56 Å². The van der Waals surface area contributed by atoms with Crippen molar-refractivity contribution in [2.24, 2.45) is 7.05 Å². The summed E-state index contributed by atoms with van der Waals surface area (Å²) in [4.78, 5) is 26.7. The molecule has 1 heterocycles. The van der Waals surface area contributed by atoms with Crippen LogP contribution in [0.15, 0.2) is 24.5 Å². The molecule has 2 rings (SSSR count). The standard InChI is InChI=1S/C12H13N5O3/c1-7-8(10(18)19)4-3-5-9(7)15-12(20)16-11-13-6-14-17(11)2/h3-6H,1-2H3,(H,18,19)(H2,13,14,15,16,20). The number of hydrogen-bond donors (Lipinski definition) is 3. The molecule has 0 aliphatic carbocycles. The van der Waals surface area contributed by atoms with Gasteiger partial charge in [0.2, 0.25) is 5.95 Å². The van der Waals surface area contributed by atoms with Crippen LogP contribution in [0.5, 0.6) is 0 Å². The van der Waals surface area contributed by atoms with Crippen LogP contribution in [0.25, 0.3) is 0 Å². The maximum atomic E-state index is 11.8. The number of rotatable bonds is 3. The minimum absolute atomic E-state index is 0.140. The van der Waals surface area contributed by atoms with Crippen LogP contribution in [0.3, 0.4) is 0 Å². The molecule has 0 saturated heterocycles. The topological polar surface area (TPSA) is 109 Å². The molecule has 104 valence electrons. The van der Waals surface area contributed by atoms with Crippen LogP contribution in [0.4, 0.5) is 16.4 Å². The highest BCUT2D eigenvalue weighted by atomic mass is 16.4. The smallest absolute Gasteiger partial charge is 0.336 e. The number of hydrogen-bond acceptors (Lipinski definition) is 4. The molecular weight excluding hydrogens is 262 g/mol. The number of nitrogens with one attached hydrogen (secondary N) is 2. The van der Waals surface area contributed by atoms with Gasteiger partial charge in [-0.25, -0.2) is 14.3 Å². The van der Waals surface area contributed by atoms with E-state index in [0.717, 1.165) is 0 Å². The molecule has 0 atom stereocenters. The number of aromatic nitrogens is 3. The molecule has 0 radical (unpaired) electrons.